The number of nitrogens with zero attached hydrogens (tertiary/aromatic N) is 2. The third-order valence-corrected chi connectivity index (χ3v) is 8.92. The van der Waals surface area contributed by atoms with E-state index in [0.717, 1.165) is 0 Å². The van der Waals surface area contributed by atoms with Gasteiger partial charge in [-0.25, -0.2) is 0 Å². The number of nitrogens with one attached hydrogen (secondary N) is 1. The van der Waals surface area contributed by atoms with Gasteiger partial charge in [-0.15, -0.1) is 0 Å². The predicted octanol–water partition coefficient (Wildman–Crippen LogP) is -10.6. The van der Waals surface area contributed by atoms with Crippen molar-refractivity contribution in [3.63, 3.8) is 0 Å². The lowest BCUT2D eigenvalue weighted by Crippen LogP contribution is -2.78. The summed E-state index contributed by atoms with van der Waals surface area (Å²) in [6, 6.07) is 0. The quantitative estimate of drug-likeness (QED) is 0.264. The molecule has 2 aromatic carbocycles. The number of benzene rings is 2. The highest BCUT2D eigenvalue weighted by molar-refractivity contribution is 6.69. The zero-order valence-corrected chi connectivity index (χ0v) is 25.7. The van der Waals surface area contributed by atoms with Crippen molar-refractivity contribution in [2.75, 3.05) is 0 Å². The molecule has 0 bridgehead atoms. The van der Waals surface area contributed by atoms with E-state index in [4.69, 9.17) is 145 Å². The van der Waals surface area contributed by atoms with Crippen LogP contribution in [0.3, 0.4) is 0 Å². The molecule has 1 fully saturated rings. The Balaban J connectivity index is 1.91. The van der Waals surface area contributed by atoms with Crippen LogP contribution in [0.15, 0.2) is 0 Å². The number of hydrogen-bond donors (Lipinski definition) is 1. The van der Waals surface area contributed by atoms with Gasteiger partial charge in [0.15, 0.2) is 0 Å². The van der Waals surface area contributed by atoms with E-state index in [1.807, 2.05) is 0 Å². The molecule has 0 spiro atoms. The zero-order chi connectivity index (χ0) is 38.1. The third kappa shape index (κ3) is 4.98. The molecular weight excluding hydrogens is 628 g/mol. The van der Waals surface area contributed by atoms with Crippen molar-refractivity contribution in [1.29, 1.82) is 0 Å². The molecule has 0 aromatic heterocycles. The lowest BCUT2D eigenvalue weighted by atomic mass is 9.20. The molecule has 0 aliphatic carbocycles. The van der Waals surface area contributed by atoms with Gasteiger partial charge in [-0.2, -0.15) is 8.78 Å². The number of carbonyl (C=O) groups is 4. The van der Waals surface area contributed by atoms with Gasteiger partial charge in [0.1, 0.15) is 62.8 Å². The van der Waals surface area contributed by atoms with Crippen LogP contribution in [0.5, 0.6) is 0 Å². The second-order valence-corrected chi connectivity index (χ2v) is 11.9. The normalized spacial score (nSPS) is 21.4. The van der Waals surface area contributed by atoms with Gasteiger partial charge in [0, 0.05) is 16.1 Å². The molecule has 7 nitrogen and oxygen atoms in total. The van der Waals surface area contributed by atoms with Gasteiger partial charge in [-0.05, 0) is 21.5 Å². The van der Waals surface area contributed by atoms with Crippen LogP contribution in [0, 0.1) is 0 Å². The first kappa shape index (κ1) is 39.6. The molecule has 4 amide bonds. The van der Waals surface area contributed by atoms with E-state index in [1.165, 1.54) is 0 Å². The Hall–Kier alpha value is -2.23. The molecule has 49 heavy (non-hydrogen) atoms. The number of fused-ring (bicyclic) bond motifs is 1. The lowest BCUT2D eigenvalue weighted by Gasteiger charge is -2.65. The summed E-state index contributed by atoms with van der Waals surface area (Å²) in [6.45, 7) is 0. The number of rotatable bonds is 5. The van der Waals surface area contributed by atoms with E-state index >= 15 is 8.78 Å². The van der Waals surface area contributed by atoms with Crippen molar-refractivity contribution in [2.45, 2.75) is 32.5 Å². The van der Waals surface area contributed by atoms with Crippen molar-refractivity contribution < 1.29 is 28.0 Å². The molecule has 2 aliphatic rings. The van der Waals surface area contributed by atoms with Gasteiger partial charge < -0.3 is 15.0 Å². The van der Waals surface area contributed by atoms with Crippen molar-refractivity contribution in [3.8, 4) is 0 Å². The van der Waals surface area contributed by atoms with Crippen LogP contribution >= 0.6 is 11.6 Å². The molecule has 200 valence electrons. The first-order chi connectivity index (χ1) is 21.9. The van der Waals surface area contributed by atoms with E-state index in [2.05, 4.69) is 0 Å². The van der Waals surface area contributed by atoms with E-state index in [1.54, 1.807) is 5.32 Å². The van der Waals surface area contributed by atoms with Crippen molar-refractivity contribution in [3.05, 3.63) is 27.3 Å². The topological polar surface area (TPSA) is 86.8 Å². The Bertz CT molecular complexity index is 1880. The fourth-order valence-electron chi connectivity index (χ4n) is 5.74. The fraction of sp³-hybridized carbons (Fsp3) is 0.273. The summed E-state index contributed by atoms with van der Waals surface area (Å²) in [7, 11) is 102. The van der Waals surface area contributed by atoms with Crippen LogP contribution in [0.4, 0.5) is 8.78 Å². The first-order valence-electron chi connectivity index (χ1n) is 13.1. The van der Waals surface area contributed by atoms with Crippen LogP contribution in [-0.4, -0.2) is 172 Å². The summed E-state index contributed by atoms with van der Waals surface area (Å²) < 4.78 is 31.3. The van der Waals surface area contributed by atoms with Gasteiger partial charge in [0.25, 0.3) is 11.8 Å². The molecular formula is C22HB17ClF2N3O4. The molecule has 1 N–H and O–H groups in total. The summed E-state index contributed by atoms with van der Waals surface area (Å²) in [5.74, 6) is -11.6. The standard InChI is InChI=1S/C22HB17ClF2N3O4/c23-5-1-2(21(35,36)45(13(1)46)19(32)16(49)44(39)15(48)18(30,31)22(19,37)38)6(24)4(9(5)27)20(33,34)43-14(47)17(41,42)3-7(25)10(28)12(40)11(29)8(3)26/h(H,43,47). The highest BCUT2D eigenvalue weighted by atomic mass is 35.5. The van der Waals surface area contributed by atoms with E-state index in [9.17, 15) is 19.2 Å². The molecule has 2 aromatic rings. The van der Waals surface area contributed by atoms with E-state index < -0.39 is 122 Å². The summed E-state index contributed by atoms with van der Waals surface area (Å²) in [5, 5.41) is -10.9. The summed E-state index contributed by atoms with van der Waals surface area (Å²) in [6.07, 6.45) is 0. The van der Waals surface area contributed by atoms with Gasteiger partial charge in [-0.3, -0.25) is 19.2 Å². The molecule has 2 heterocycles. The van der Waals surface area contributed by atoms with Crippen LogP contribution < -0.4 is 43.6 Å². The third-order valence-electron chi connectivity index (χ3n) is 8.52. The molecule has 1 saturated heterocycles. The van der Waals surface area contributed by atoms with Crippen molar-refractivity contribution in [1.82, 2.24) is 15.0 Å². The molecule has 34 radical (unpaired) electrons. The number of hydrogen-bond acceptors (Lipinski definition) is 4. The van der Waals surface area contributed by atoms with E-state index in [0.29, 0.717) is 0 Å². The SMILES string of the molecule is [B]c1c([B])c(C(F)(F)C(=O)NC([B])([B])c2c([B])c([B])c3c(c2[B])C([B])([B])N(C2([B])C(=O)N([B])C(=O)C([B])([B])C2([B])[B])C3=O)c([B])c([B])c1Cl. The molecule has 4 rings (SSSR count). The maximum absolute atomic E-state index is 15.7. The molecule has 27 heteroatoms. The highest BCUT2D eigenvalue weighted by Crippen LogP contribution is 2.58. The van der Waals surface area contributed by atoms with Gasteiger partial charge in [0.05, 0.1) is 68.2 Å². The predicted molar refractivity (Wildman–Crippen MR) is 195 cm³/mol. The average Bonchev–Trinajstić information content (AvgIpc) is 3.19. The van der Waals surface area contributed by atoms with Gasteiger partial charge >= 0.3 is 5.92 Å². The van der Waals surface area contributed by atoms with Gasteiger partial charge in [-0.1, -0.05) is 60.6 Å². The smallest absolute Gasteiger partial charge is 0.348 e. The first-order valence-corrected chi connectivity index (χ1v) is 13.5. The second kappa shape index (κ2) is 11.6. The fourth-order valence-corrected chi connectivity index (χ4v) is 5.94. The number of alkyl halides is 2. The Labute approximate surface area is 308 Å². The van der Waals surface area contributed by atoms with Crippen molar-refractivity contribution >= 4 is 207 Å². The minimum Gasteiger partial charge on any atom is -0.358 e. The monoisotopic (exact) mass is 631 g/mol. The van der Waals surface area contributed by atoms with Crippen LogP contribution in [0.1, 0.15) is 27.0 Å². The number of piperidine rings is 1. The van der Waals surface area contributed by atoms with Crippen LogP contribution in [0.2, 0.25) is 15.5 Å². The molecule has 1 atom stereocenters. The molecule has 1 unspecified atom stereocenters. The minimum absolute atomic E-state index is 0.117. The summed E-state index contributed by atoms with van der Waals surface area (Å²) in [5.41, 5.74) is -12.6. The summed E-state index contributed by atoms with van der Waals surface area (Å²) >= 11 is 5.87. The highest BCUT2D eigenvalue weighted by Gasteiger charge is 2.67. The summed E-state index contributed by atoms with van der Waals surface area (Å²) in [4.78, 5) is 53.0. The molecule has 0 saturated carbocycles. The number of imide groups is 1. The van der Waals surface area contributed by atoms with Crippen molar-refractivity contribution in [2.24, 2.45) is 0 Å². The number of halogens is 3. The number of amides is 4. The number of carbonyl (C=O) groups excluding carboxylic acids is 4. The van der Waals surface area contributed by atoms with Gasteiger partial charge in [0.2, 0.25) is 19.8 Å². The minimum atomic E-state index is -4.68. The Morgan fingerprint density at radius 3 is 1.63 bits per heavy atom. The molecule has 2 aliphatic heterocycles. The van der Waals surface area contributed by atoms with E-state index in [-0.39, 0.29) is 9.71 Å². The zero-order valence-electron chi connectivity index (χ0n) is 25.0. The lowest BCUT2D eigenvalue weighted by molar-refractivity contribution is -0.150. The Morgan fingerprint density at radius 1 is 0.714 bits per heavy atom. The maximum atomic E-state index is 15.7. The average molecular weight is 629 g/mol. The van der Waals surface area contributed by atoms with Crippen LogP contribution in [0.25, 0.3) is 0 Å². The Kier molecular flexibility index (Phi) is 9.40. The Morgan fingerprint density at radius 2 is 1.16 bits per heavy atom. The second-order valence-electron chi connectivity index (χ2n) is 11.6. The largest absolute Gasteiger partial charge is 0.358 e. The van der Waals surface area contributed by atoms with Crippen LogP contribution in [-0.2, 0) is 31.0 Å². The maximum Gasteiger partial charge on any atom is 0.348 e.